The first-order valence-corrected chi connectivity index (χ1v) is 8.68. The Morgan fingerprint density at radius 3 is 2.26 bits per heavy atom. The van der Waals surface area contributed by atoms with Crippen molar-refractivity contribution in [3.63, 3.8) is 0 Å². The molecule has 0 aliphatic heterocycles. The minimum absolute atomic E-state index is 0.280. The van der Waals surface area contributed by atoms with Crippen molar-refractivity contribution in [2.45, 2.75) is 19.5 Å². The summed E-state index contributed by atoms with van der Waals surface area (Å²) < 4.78 is 0. The zero-order valence-corrected chi connectivity index (χ0v) is 12.9. The number of nitrogens with zero attached hydrogens (tertiary/aromatic N) is 1. The van der Waals surface area contributed by atoms with E-state index in [1.807, 2.05) is 6.92 Å². The predicted octanol–water partition coefficient (Wildman–Crippen LogP) is 4.45. The molecule has 98 valence electrons. The summed E-state index contributed by atoms with van der Waals surface area (Å²) >= 11 is 5.30. The van der Waals surface area contributed by atoms with Crippen LogP contribution in [0.5, 0.6) is 0 Å². The lowest BCUT2D eigenvalue weighted by atomic mass is 10.2. The predicted molar refractivity (Wildman–Crippen MR) is 84.2 cm³/mol. The Balaban J connectivity index is 1.77. The molecule has 0 saturated heterocycles. The van der Waals surface area contributed by atoms with Gasteiger partial charge in [-0.3, -0.25) is 5.32 Å². The van der Waals surface area contributed by atoms with Gasteiger partial charge in [-0.25, -0.2) is 4.98 Å². The van der Waals surface area contributed by atoms with Crippen molar-refractivity contribution in [2.75, 3.05) is 0 Å². The average Bonchev–Trinajstić information content (AvgIpc) is 3.11. The van der Waals surface area contributed by atoms with Crippen molar-refractivity contribution in [1.29, 1.82) is 0 Å². The van der Waals surface area contributed by atoms with Gasteiger partial charge in [0.15, 0.2) is 0 Å². The van der Waals surface area contributed by atoms with Crippen LogP contribution in [-0.2, 0) is 6.54 Å². The van der Waals surface area contributed by atoms with Crippen molar-refractivity contribution in [1.82, 2.24) is 10.3 Å². The summed E-state index contributed by atoms with van der Waals surface area (Å²) in [6.07, 6.45) is 0. The molecule has 3 aromatic heterocycles. The maximum atomic E-state index is 4.51. The summed E-state index contributed by atoms with van der Waals surface area (Å²) in [5.74, 6) is 0. The van der Waals surface area contributed by atoms with Gasteiger partial charge in [-0.15, -0.1) is 34.0 Å². The quantitative estimate of drug-likeness (QED) is 0.753. The monoisotopic (exact) mass is 306 g/mol. The second kappa shape index (κ2) is 5.96. The number of aryl methyl sites for hydroxylation is 1. The van der Waals surface area contributed by atoms with E-state index in [2.05, 4.69) is 50.7 Å². The molecule has 0 fully saturated rings. The highest BCUT2D eigenvalue weighted by Gasteiger charge is 2.15. The highest BCUT2D eigenvalue weighted by atomic mass is 32.1. The maximum absolute atomic E-state index is 4.51. The molecule has 0 unspecified atom stereocenters. The lowest BCUT2D eigenvalue weighted by Gasteiger charge is -2.15. The number of thiazole rings is 1. The van der Waals surface area contributed by atoms with Crippen LogP contribution in [0.2, 0.25) is 0 Å². The molecule has 19 heavy (non-hydrogen) atoms. The van der Waals surface area contributed by atoms with Gasteiger partial charge in [0.1, 0.15) is 0 Å². The van der Waals surface area contributed by atoms with Gasteiger partial charge in [-0.2, -0.15) is 0 Å². The fourth-order valence-electron chi connectivity index (χ4n) is 1.95. The summed E-state index contributed by atoms with van der Waals surface area (Å²) in [5.41, 5.74) is 1.13. The van der Waals surface area contributed by atoms with E-state index in [4.69, 9.17) is 0 Å². The Kier molecular flexibility index (Phi) is 4.08. The molecule has 1 N–H and O–H groups in total. The Morgan fingerprint density at radius 1 is 1.11 bits per heavy atom. The molecule has 0 saturated carbocycles. The van der Waals surface area contributed by atoms with Gasteiger partial charge in [0, 0.05) is 21.7 Å². The molecule has 0 aliphatic carbocycles. The van der Waals surface area contributed by atoms with Crippen LogP contribution in [0.15, 0.2) is 40.4 Å². The van der Waals surface area contributed by atoms with E-state index >= 15 is 0 Å². The summed E-state index contributed by atoms with van der Waals surface area (Å²) in [7, 11) is 0. The van der Waals surface area contributed by atoms with Gasteiger partial charge < -0.3 is 0 Å². The molecule has 3 rings (SSSR count). The molecule has 3 aromatic rings. The first-order valence-electron chi connectivity index (χ1n) is 6.04. The Morgan fingerprint density at radius 2 is 1.79 bits per heavy atom. The summed E-state index contributed by atoms with van der Waals surface area (Å²) in [6, 6.07) is 8.87. The second-order valence-corrected chi connectivity index (χ2v) is 7.22. The van der Waals surface area contributed by atoms with E-state index in [1.165, 1.54) is 9.75 Å². The SMILES string of the molecule is Cc1nc(CNC(c2cccs2)c2cccs2)cs1. The number of thiophene rings is 2. The Bertz CT molecular complexity index is 577. The highest BCUT2D eigenvalue weighted by molar-refractivity contribution is 7.11. The van der Waals surface area contributed by atoms with Gasteiger partial charge in [0.2, 0.25) is 0 Å². The second-order valence-electron chi connectivity index (χ2n) is 4.20. The van der Waals surface area contributed by atoms with Gasteiger partial charge in [-0.1, -0.05) is 12.1 Å². The first-order chi connectivity index (χ1) is 9.33. The summed E-state index contributed by atoms with van der Waals surface area (Å²) in [4.78, 5) is 7.22. The number of nitrogens with one attached hydrogen (secondary N) is 1. The lowest BCUT2D eigenvalue weighted by Crippen LogP contribution is -2.20. The molecule has 0 aromatic carbocycles. The van der Waals surface area contributed by atoms with Crippen molar-refractivity contribution < 1.29 is 0 Å². The van der Waals surface area contributed by atoms with Gasteiger partial charge >= 0.3 is 0 Å². The summed E-state index contributed by atoms with van der Waals surface area (Å²) in [6.45, 7) is 2.86. The zero-order chi connectivity index (χ0) is 13.1. The third-order valence-corrected chi connectivity index (χ3v) is 5.51. The van der Waals surface area contributed by atoms with Crippen molar-refractivity contribution >= 4 is 34.0 Å². The fourth-order valence-corrected chi connectivity index (χ4v) is 4.27. The lowest BCUT2D eigenvalue weighted by molar-refractivity contribution is 0.613. The molecular formula is C14H14N2S3. The largest absolute Gasteiger partial charge is 0.299 e. The third-order valence-electron chi connectivity index (χ3n) is 2.81. The molecule has 5 heteroatoms. The molecule has 0 radical (unpaired) electrons. The van der Waals surface area contributed by atoms with Crippen molar-refractivity contribution in [3.8, 4) is 0 Å². The van der Waals surface area contributed by atoms with Crippen LogP contribution in [0.3, 0.4) is 0 Å². The maximum Gasteiger partial charge on any atom is 0.0897 e. The molecule has 2 nitrogen and oxygen atoms in total. The third kappa shape index (κ3) is 3.12. The zero-order valence-electron chi connectivity index (χ0n) is 10.5. The minimum atomic E-state index is 0.280. The van der Waals surface area contributed by atoms with Crippen molar-refractivity contribution in [3.05, 3.63) is 60.9 Å². The van der Waals surface area contributed by atoms with E-state index < -0.39 is 0 Å². The first kappa shape index (κ1) is 13.0. The van der Waals surface area contributed by atoms with Gasteiger partial charge in [-0.05, 0) is 29.8 Å². The van der Waals surface area contributed by atoms with E-state index in [0.29, 0.717) is 0 Å². The Hall–Kier alpha value is -1.01. The molecule has 3 heterocycles. The Labute approximate surface area is 124 Å². The van der Waals surface area contributed by atoms with E-state index in [9.17, 15) is 0 Å². The standard InChI is InChI=1S/C14H14N2S3/c1-10-16-11(9-19-10)8-15-14(12-4-2-6-17-12)13-5-3-7-18-13/h2-7,9,14-15H,8H2,1H3. The van der Waals surface area contributed by atoms with Crippen LogP contribution < -0.4 is 5.32 Å². The number of hydrogen-bond acceptors (Lipinski definition) is 5. The van der Waals surface area contributed by atoms with E-state index in [0.717, 1.165) is 17.2 Å². The van der Waals surface area contributed by atoms with E-state index in [-0.39, 0.29) is 6.04 Å². The van der Waals surface area contributed by atoms with Crippen LogP contribution >= 0.6 is 34.0 Å². The molecule has 0 atom stereocenters. The minimum Gasteiger partial charge on any atom is -0.299 e. The normalized spacial score (nSPS) is 11.3. The van der Waals surface area contributed by atoms with Crippen LogP contribution in [0.1, 0.15) is 26.5 Å². The van der Waals surface area contributed by atoms with Crippen LogP contribution in [-0.4, -0.2) is 4.98 Å². The smallest absolute Gasteiger partial charge is 0.0897 e. The number of rotatable bonds is 5. The van der Waals surface area contributed by atoms with Crippen LogP contribution in [0.25, 0.3) is 0 Å². The average molecular weight is 306 g/mol. The van der Waals surface area contributed by atoms with Crippen molar-refractivity contribution in [2.24, 2.45) is 0 Å². The fraction of sp³-hybridized carbons (Fsp3) is 0.214. The topological polar surface area (TPSA) is 24.9 Å². The molecule has 0 amide bonds. The number of aromatic nitrogens is 1. The van der Waals surface area contributed by atoms with Crippen LogP contribution in [0.4, 0.5) is 0 Å². The van der Waals surface area contributed by atoms with Crippen LogP contribution in [0, 0.1) is 6.92 Å². The van der Waals surface area contributed by atoms with Gasteiger partial charge in [0.05, 0.1) is 16.7 Å². The molecule has 0 bridgehead atoms. The van der Waals surface area contributed by atoms with Gasteiger partial charge in [0.25, 0.3) is 0 Å². The van der Waals surface area contributed by atoms with E-state index in [1.54, 1.807) is 34.0 Å². The summed E-state index contributed by atoms with van der Waals surface area (Å²) in [5, 5.41) is 11.1. The molecule has 0 spiro atoms. The molecular weight excluding hydrogens is 292 g/mol. The highest BCUT2D eigenvalue weighted by Crippen LogP contribution is 2.29. The molecule has 0 aliphatic rings. The number of hydrogen-bond donors (Lipinski definition) is 1.